The van der Waals surface area contributed by atoms with Gasteiger partial charge in [-0.2, -0.15) is 4.31 Å². The molecule has 8 heteroatoms. The fourth-order valence-electron chi connectivity index (χ4n) is 3.50. The minimum atomic E-state index is -3.50. The number of nitrogens with one attached hydrogen (secondary N) is 2. The summed E-state index contributed by atoms with van der Waals surface area (Å²) in [5, 5.41) is 5.68. The first-order chi connectivity index (χ1) is 12.5. The fourth-order valence-corrected chi connectivity index (χ4v) is 4.99. The van der Waals surface area contributed by atoms with Gasteiger partial charge < -0.3 is 10.6 Å². The highest BCUT2D eigenvalue weighted by atomic mass is 32.2. The summed E-state index contributed by atoms with van der Waals surface area (Å²) in [6, 6.07) is 8.36. The number of hydrogen-bond acceptors (Lipinski definition) is 4. The highest BCUT2D eigenvalue weighted by Gasteiger charge is 2.32. The molecule has 0 saturated carbocycles. The van der Waals surface area contributed by atoms with E-state index in [9.17, 15) is 18.0 Å². The van der Waals surface area contributed by atoms with Gasteiger partial charge in [0.05, 0.1) is 10.8 Å². The van der Waals surface area contributed by atoms with Gasteiger partial charge in [0.15, 0.2) is 0 Å². The molecular weight excluding hydrogens is 354 g/mol. The Kier molecular flexibility index (Phi) is 5.93. The Morgan fingerprint density at radius 1 is 1.15 bits per heavy atom. The first kappa shape index (κ1) is 18.8. The van der Waals surface area contributed by atoms with E-state index in [0.717, 1.165) is 12.8 Å². The van der Waals surface area contributed by atoms with Crippen LogP contribution in [0.2, 0.25) is 0 Å². The topological polar surface area (TPSA) is 95.6 Å². The standard InChI is InChI=1S/C18H25N3O4S/c22-17(20-13-15-5-4-10-19-18(15)23)14-8-11-21(12-9-14)26(24,25)16-6-2-1-3-7-16/h1-3,6-7,14-15H,4-5,8-13H2,(H,19,23)(H,20,22). The zero-order chi connectivity index (χ0) is 18.6. The lowest BCUT2D eigenvalue weighted by atomic mass is 9.95. The maximum absolute atomic E-state index is 12.6. The number of piperidine rings is 2. The lowest BCUT2D eigenvalue weighted by Crippen LogP contribution is -2.46. The summed E-state index contributed by atoms with van der Waals surface area (Å²) < 4.78 is 26.7. The molecule has 0 radical (unpaired) electrons. The summed E-state index contributed by atoms with van der Waals surface area (Å²) >= 11 is 0. The highest BCUT2D eigenvalue weighted by molar-refractivity contribution is 7.89. The van der Waals surface area contributed by atoms with Crippen LogP contribution >= 0.6 is 0 Å². The molecule has 142 valence electrons. The minimum Gasteiger partial charge on any atom is -0.356 e. The lowest BCUT2D eigenvalue weighted by molar-refractivity contribution is -0.128. The molecule has 26 heavy (non-hydrogen) atoms. The van der Waals surface area contributed by atoms with Crippen LogP contribution in [0.4, 0.5) is 0 Å². The van der Waals surface area contributed by atoms with Crippen LogP contribution in [-0.4, -0.2) is 50.7 Å². The number of benzene rings is 1. The van der Waals surface area contributed by atoms with E-state index < -0.39 is 10.0 Å². The van der Waals surface area contributed by atoms with E-state index in [1.54, 1.807) is 30.3 Å². The van der Waals surface area contributed by atoms with Crippen molar-refractivity contribution < 1.29 is 18.0 Å². The number of carbonyl (C=O) groups excluding carboxylic acids is 2. The van der Waals surface area contributed by atoms with Crippen molar-refractivity contribution in [2.24, 2.45) is 11.8 Å². The SMILES string of the molecule is O=C(NCC1CCCNC1=O)C1CCN(S(=O)(=O)c2ccccc2)CC1. The monoisotopic (exact) mass is 379 g/mol. The summed E-state index contributed by atoms with van der Waals surface area (Å²) in [5.41, 5.74) is 0. The molecule has 2 saturated heterocycles. The van der Waals surface area contributed by atoms with Crippen LogP contribution in [0.5, 0.6) is 0 Å². The van der Waals surface area contributed by atoms with Gasteiger partial charge in [0.1, 0.15) is 0 Å². The van der Waals surface area contributed by atoms with E-state index in [2.05, 4.69) is 10.6 Å². The Balaban J connectivity index is 1.50. The van der Waals surface area contributed by atoms with Crippen LogP contribution < -0.4 is 10.6 Å². The first-order valence-corrected chi connectivity index (χ1v) is 10.5. The third-order valence-electron chi connectivity index (χ3n) is 5.13. The third kappa shape index (κ3) is 4.24. The molecule has 0 bridgehead atoms. The highest BCUT2D eigenvalue weighted by Crippen LogP contribution is 2.24. The first-order valence-electron chi connectivity index (χ1n) is 9.09. The molecule has 1 unspecified atom stereocenters. The Morgan fingerprint density at radius 3 is 2.50 bits per heavy atom. The number of nitrogens with zero attached hydrogens (tertiary/aromatic N) is 1. The molecular formula is C18H25N3O4S. The van der Waals surface area contributed by atoms with Crippen molar-refractivity contribution in [1.82, 2.24) is 14.9 Å². The van der Waals surface area contributed by atoms with E-state index in [0.29, 0.717) is 39.0 Å². The second-order valence-corrected chi connectivity index (χ2v) is 8.80. The Hall–Kier alpha value is -1.93. The molecule has 0 aromatic heterocycles. The molecule has 2 N–H and O–H groups in total. The smallest absolute Gasteiger partial charge is 0.243 e. The van der Waals surface area contributed by atoms with Crippen molar-refractivity contribution in [3.05, 3.63) is 30.3 Å². The maximum Gasteiger partial charge on any atom is 0.243 e. The lowest BCUT2D eigenvalue weighted by Gasteiger charge is -2.31. The van der Waals surface area contributed by atoms with Gasteiger partial charge in [-0.1, -0.05) is 18.2 Å². The Labute approximate surface area is 154 Å². The summed E-state index contributed by atoms with van der Waals surface area (Å²) in [6.45, 7) is 1.73. The fraction of sp³-hybridized carbons (Fsp3) is 0.556. The summed E-state index contributed by atoms with van der Waals surface area (Å²) in [7, 11) is -3.50. The van der Waals surface area contributed by atoms with Crippen molar-refractivity contribution >= 4 is 21.8 Å². The van der Waals surface area contributed by atoms with Crippen LogP contribution in [0.1, 0.15) is 25.7 Å². The van der Waals surface area contributed by atoms with Crippen LogP contribution in [0.25, 0.3) is 0 Å². The van der Waals surface area contributed by atoms with E-state index in [1.807, 2.05) is 0 Å². The second kappa shape index (κ2) is 8.18. The molecule has 7 nitrogen and oxygen atoms in total. The third-order valence-corrected chi connectivity index (χ3v) is 7.04. The van der Waals surface area contributed by atoms with Gasteiger partial charge in [0.2, 0.25) is 21.8 Å². The van der Waals surface area contributed by atoms with E-state index in [4.69, 9.17) is 0 Å². The zero-order valence-electron chi connectivity index (χ0n) is 14.7. The van der Waals surface area contributed by atoms with Crippen molar-refractivity contribution in [1.29, 1.82) is 0 Å². The van der Waals surface area contributed by atoms with Crippen LogP contribution in [0, 0.1) is 11.8 Å². The summed E-state index contributed by atoms with van der Waals surface area (Å²) in [6.07, 6.45) is 2.71. The minimum absolute atomic E-state index is 0.000300. The number of rotatable bonds is 5. The predicted molar refractivity (Wildman–Crippen MR) is 96.7 cm³/mol. The molecule has 2 aliphatic heterocycles. The molecule has 0 spiro atoms. The normalized spacial score (nSPS) is 22.6. The van der Waals surface area contributed by atoms with Crippen molar-refractivity contribution in [3.8, 4) is 0 Å². The number of carbonyl (C=O) groups is 2. The molecule has 3 rings (SSSR count). The summed E-state index contributed by atoms with van der Waals surface area (Å²) in [5.74, 6) is -0.449. The summed E-state index contributed by atoms with van der Waals surface area (Å²) in [4.78, 5) is 24.4. The van der Waals surface area contributed by atoms with Crippen LogP contribution in [0.15, 0.2) is 35.2 Å². The quantitative estimate of drug-likeness (QED) is 0.788. The average Bonchev–Trinajstić information content (AvgIpc) is 2.68. The van der Waals surface area contributed by atoms with Gasteiger partial charge in [0, 0.05) is 32.1 Å². The van der Waals surface area contributed by atoms with Crippen molar-refractivity contribution in [2.75, 3.05) is 26.2 Å². The van der Waals surface area contributed by atoms with E-state index >= 15 is 0 Å². The molecule has 1 atom stereocenters. The largest absolute Gasteiger partial charge is 0.356 e. The van der Waals surface area contributed by atoms with Gasteiger partial charge in [-0.15, -0.1) is 0 Å². The Bertz CT molecular complexity index is 743. The molecule has 1 aromatic rings. The van der Waals surface area contributed by atoms with Gasteiger partial charge in [-0.25, -0.2) is 8.42 Å². The molecule has 2 aliphatic rings. The Morgan fingerprint density at radius 2 is 1.85 bits per heavy atom. The van der Waals surface area contributed by atoms with Gasteiger partial charge in [-0.3, -0.25) is 9.59 Å². The predicted octanol–water partition coefficient (Wildman–Crippen LogP) is 0.730. The second-order valence-electron chi connectivity index (χ2n) is 6.87. The molecule has 2 fully saturated rings. The van der Waals surface area contributed by atoms with E-state index in [1.165, 1.54) is 4.31 Å². The van der Waals surface area contributed by atoms with Crippen LogP contribution in [-0.2, 0) is 19.6 Å². The molecule has 2 amide bonds. The van der Waals surface area contributed by atoms with Gasteiger partial charge in [0.25, 0.3) is 0 Å². The number of hydrogen-bond donors (Lipinski definition) is 2. The van der Waals surface area contributed by atoms with Crippen molar-refractivity contribution in [3.63, 3.8) is 0 Å². The van der Waals surface area contributed by atoms with E-state index in [-0.39, 0.29) is 28.5 Å². The number of amides is 2. The molecule has 2 heterocycles. The number of sulfonamides is 1. The average molecular weight is 379 g/mol. The van der Waals surface area contributed by atoms with Gasteiger partial charge >= 0.3 is 0 Å². The van der Waals surface area contributed by atoms with Crippen molar-refractivity contribution in [2.45, 2.75) is 30.6 Å². The maximum atomic E-state index is 12.6. The molecule has 1 aromatic carbocycles. The molecule has 0 aliphatic carbocycles. The van der Waals surface area contributed by atoms with Gasteiger partial charge in [-0.05, 0) is 37.8 Å². The van der Waals surface area contributed by atoms with Crippen LogP contribution in [0.3, 0.4) is 0 Å². The zero-order valence-corrected chi connectivity index (χ0v) is 15.5.